The molecule has 0 amide bonds. The molecule has 2 aliphatic rings. The molecular weight excluding hydrogens is 520 g/mol. The Kier molecular flexibility index (Phi) is 6.91. The van der Waals surface area contributed by atoms with Crippen LogP contribution in [0.4, 0.5) is 17.1 Å². The number of nitrogens with zero attached hydrogens (tertiary/aromatic N) is 4. The summed E-state index contributed by atoms with van der Waals surface area (Å²) in [7, 11) is -4.69. The number of benzene rings is 3. The molecule has 0 radical (unpaired) electrons. The summed E-state index contributed by atoms with van der Waals surface area (Å²) in [5, 5.41) is 0. The number of fused-ring (bicyclic) bond motifs is 3. The molecule has 0 aliphatic carbocycles. The summed E-state index contributed by atoms with van der Waals surface area (Å²) in [4.78, 5) is 4.78. The molecule has 0 bridgehead atoms. The van der Waals surface area contributed by atoms with E-state index in [2.05, 4.69) is 47.9 Å². The van der Waals surface area contributed by atoms with Crippen LogP contribution in [-0.4, -0.2) is 67.5 Å². The number of sulfonamides is 2. The highest BCUT2D eigenvalue weighted by atomic mass is 32.2. The van der Waals surface area contributed by atoms with Crippen LogP contribution < -0.4 is 14.1 Å². The minimum absolute atomic E-state index is 0.0375. The van der Waals surface area contributed by atoms with Crippen LogP contribution >= 0.6 is 0 Å². The van der Waals surface area contributed by atoms with E-state index in [0.717, 1.165) is 28.8 Å². The van der Waals surface area contributed by atoms with Crippen molar-refractivity contribution >= 4 is 37.1 Å². The first-order valence-electron chi connectivity index (χ1n) is 12.8. The van der Waals surface area contributed by atoms with Gasteiger partial charge >= 0.3 is 0 Å². The molecule has 8 nitrogen and oxygen atoms in total. The van der Waals surface area contributed by atoms with Crippen molar-refractivity contribution in [2.75, 3.05) is 54.4 Å². The summed E-state index contributed by atoms with van der Waals surface area (Å²) in [6.07, 6.45) is 0. The predicted octanol–water partition coefficient (Wildman–Crippen LogP) is 3.96. The fourth-order valence-electron chi connectivity index (χ4n) is 5.20. The zero-order valence-electron chi connectivity index (χ0n) is 22.1. The number of piperazine rings is 1. The molecule has 3 aromatic carbocycles. The maximum Gasteiger partial charge on any atom is 0.264 e. The third-order valence-electron chi connectivity index (χ3n) is 7.41. The van der Waals surface area contributed by atoms with Crippen molar-refractivity contribution in [2.24, 2.45) is 0 Å². The number of hydrogen-bond donors (Lipinski definition) is 0. The molecule has 1 fully saturated rings. The molecule has 1 saturated heterocycles. The Morgan fingerprint density at radius 1 is 0.789 bits per heavy atom. The lowest BCUT2D eigenvalue weighted by molar-refractivity contribution is 0.509. The largest absolute Gasteiger partial charge is 0.368 e. The van der Waals surface area contributed by atoms with Gasteiger partial charge in [0.2, 0.25) is 10.0 Å². The van der Waals surface area contributed by atoms with E-state index < -0.39 is 20.0 Å². The van der Waals surface area contributed by atoms with Crippen LogP contribution in [0, 0.1) is 0 Å². The minimum Gasteiger partial charge on any atom is -0.368 e. The second-order valence-electron chi connectivity index (χ2n) is 10.3. The van der Waals surface area contributed by atoms with Crippen LogP contribution in [0.25, 0.3) is 0 Å². The third kappa shape index (κ3) is 4.65. The maximum absolute atomic E-state index is 13.9. The van der Waals surface area contributed by atoms with Crippen LogP contribution in [0.15, 0.2) is 82.6 Å². The van der Waals surface area contributed by atoms with Crippen LogP contribution in [0.5, 0.6) is 0 Å². The molecule has 0 saturated carbocycles. The van der Waals surface area contributed by atoms with Gasteiger partial charge in [0.25, 0.3) is 10.0 Å². The van der Waals surface area contributed by atoms with Crippen LogP contribution in [0.3, 0.4) is 0 Å². The summed E-state index contributed by atoms with van der Waals surface area (Å²) >= 11 is 0. The van der Waals surface area contributed by atoms with Gasteiger partial charge in [0.05, 0.1) is 33.8 Å². The van der Waals surface area contributed by atoms with Gasteiger partial charge in [0.1, 0.15) is 0 Å². The fourth-order valence-corrected chi connectivity index (χ4v) is 7.62. The summed E-state index contributed by atoms with van der Waals surface area (Å²) in [5.74, 6) is 0.428. The normalized spacial score (nSPS) is 18.1. The highest BCUT2D eigenvalue weighted by Gasteiger charge is 2.40. The molecule has 2 aliphatic heterocycles. The Morgan fingerprint density at radius 3 is 2.11 bits per heavy atom. The molecule has 38 heavy (non-hydrogen) atoms. The lowest BCUT2D eigenvalue weighted by Gasteiger charge is -2.49. The molecule has 0 N–H and O–H groups in total. The summed E-state index contributed by atoms with van der Waals surface area (Å²) in [6.45, 7) is 7.00. The van der Waals surface area contributed by atoms with E-state index in [1.54, 1.807) is 0 Å². The van der Waals surface area contributed by atoms with Crippen molar-refractivity contribution in [1.29, 1.82) is 0 Å². The molecule has 1 atom stereocenters. The Morgan fingerprint density at radius 2 is 1.45 bits per heavy atom. The smallest absolute Gasteiger partial charge is 0.264 e. The van der Waals surface area contributed by atoms with Crippen LogP contribution in [0.1, 0.15) is 25.3 Å². The maximum atomic E-state index is 13.9. The average molecular weight is 555 g/mol. The molecule has 2 heterocycles. The van der Waals surface area contributed by atoms with Crippen molar-refractivity contribution in [2.45, 2.75) is 35.6 Å². The lowest BCUT2D eigenvalue weighted by Crippen LogP contribution is -2.60. The highest BCUT2D eigenvalue weighted by molar-refractivity contribution is 7.93. The van der Waals surface area contributed by atoms with E-state index in [9.17, 15) is 16.8 Å². The van der Waals surface area contributed by atoms with Crippen LogP contribution in [0.2, 0.25) is 0 Å². The van der Waals surface area contributed by atoms with Gasteiger partial charge in [-0.2, -0.15) is 0 Å². The minimum atomic E-state index is -3.93. The molecule has 1 unspecified atom stereocenters. The number of anilines is 3. The Hall–Kier alpha value is -3.08. The Bertz CT molecular complexity index is 1540. The lowest BCUT2D eigenvalue weighted by atomic mass is 10.0. The quantitative estimate of drug-likeness (QED) is 0.459. The van der Waals surface area contributed by atoms with Gasteiger partial charge in [0, 0.05) is 39.4 Å². The van der Waals surface area contributed by atoms with Crippen molar-refractivity contribution < 1.29 is 16.8 Å². The van der Waals surface area contributed by atoms with Crippen molar-refractivity contribution in [3.8, 4) is 0 Å². The standard InChI is InChI=1S/C28H34N4O4S2/c1-21(2)22-8-7-9-23(18-22)30-16-17-31-24(19-30)20-32(28-11-6-5-10-27(28)31)38(35,36)26-14-12-25(13-15-26)37(33,34)29(3)4/h5-15,18,21,24H,16-17,19-20H2,1-4H3. The average Bonchev–Trinajstić information content (AvgIpc) is 2.92. The summed E-state index contributed by atoms with van der Waals surface area (Å²) in [5.41, 5.74) is 3.98. The van der Waals surface area contributed by atoms with Gasteiger partial charge in [-0.1, -0.05) is 38.1 Å². The van der Waals surface area contributed by atoms with E-state index in [1.807, 2.05) is 24.3 Å². The van der Waals surface area contributed by atoms with E-state index in [0.29, 0.717) is 24.7 Å². The van der Waals surface area contributed by atoms with E-state index >= 15 is 0 Å². The molecule has 202 valence electrons. The fraction of sp³-hybridized carbons (Fsp3) is 0.357. The van der Waals surface area contributed by atoms with Gasteiger partial charge in [-0.15, -0.1) is 0 Å². The predicted molar refractivity (Wildman–Crippen MR) is 152 cm³/mol. The molecule has 0 spiro atoms. The second-order valence-corrected chi connectivity index (χ2v) is 14.3. The number of hydrogen-bond acceptors (Lipinski definition) is 6. The van der Waals surface area contributed by atoms with Gasteiger partial charge in [-0.05, 0) is 60.0 Å². The molecule has 3 aromatic rings. The SMILES string of the molecule is CC(C)c1cccc(N2CCN3c4ccccc4N(S(=O)(=O)c4ccc(S(=O)(=O)N(C)C)cc4)CC3C2)c1. The second kappa shape index (κ2) is 9.91. The molecular formula is C28H34N4O4S2. The first-order valence-corrected chi connectivity index (χ1v) is 15.6. The Balaban J connectivity index is 1.47. The molecule has 5 rings (SSSR count). The monoisotopic (exact) mass is 554 g/mol. The van der Waals surface area contributed by atoms with Crippen molar-refractivity contribution in [1.82, 2.24) is 4.31 Å². The zero-order chi connectivity index (χ0) is 27.2. The summed E-state index contributed by atoms with van der Waals surface area (Å²) in [6, 6.07) is 21.6. The van der Waals surface area contributed by atoms with Crippen molar-refractivity contribution in [3.63, 3.8) is 0 Å². The Labute approximate surface area is 226 Å². The molecule has 10 heteroatoms. The highest BCUT2D eigenvalue weighted by Crippen LogP contribution is 2.40. The topological polar surface area (TPSA) is 81.2 Å². The van der Waals surface area contributed by atoms with Crippen LogP contribution in [-0.2, 0) is 20.0 Å². The molecule has 0 aromatic heterocycles. The van der Waals surface area contributed by atoms with Gasteiger partial charge < -0.3 is 9.80 Å². The zero-order valence-corrected chi connectivity index (χ0v) is 23.8. The number of rotatable bonds is 6. The van der Waals surface area contributed by atoms with E-state index in [-0.39, 0.29) is 15.8 Å². The van der Waals surface area contributed by atoms with E-state index in [1.165, 1.54) is 48.2 Å². The first kappa shape index (κ1) is 26.5. The van der Waals surface area contributed by atoms with Gasteiger partial charge in [0.15, 0.2) is 0 Å². The van der Waals surface area contributed by atoms with Gasteiger partial charge in [-0.3, -0.25) is 4.31 Å². The summed E-state index contributed by atoms with van der Waals surface area (Å²) < 4.78 is 55.4. The van der Waals surface area contributed by atoms with Gasteiger partial charge in [-0.25, -0.2) is 21.1 Å². The first-order chi connectivity index (χ1) is 18.0. The van der Waals surface area contributed by atoms with E-state index in [4.69, 9.17) is 0 Å². The number of para-hydroxylation sites is 2. The van der Waals surface area contributed by atoms with Crippen molar-refractivity contribution in [3.05, 3.63) is 78.4 Å². The third-order valence-corrected chi connectivity index (χ3v) is 11.0.